The number of hydrogen-bond donors (Lipinski definition) is 2. The van der Waals surface area contributed by atoms with Crippen LogP contribution in [0, 0.1) is 0 Å². The molecule has 5 heteroatoms. The number of H-pyrrole nitrogens is 1. The zero-order chi connectivity index (χ0) is 14.2. The van der Waals surface area contributed by atoms with E-state index >= 15 is 0 Å². The minimum absolute atomic E-state index is 0.0202. The maximum atomic E-state index is 12.2. The number of aryl methyl sites for hydroxylation is 1. The number of aromatic amines is 1. The standard InChI is InChI=1S/C16H16N4O/c21-15-12-7-4-8-13(12)18-16(19-15)20-10-9-17-14(20)11-5-2-1-3-6-11/h1-3,5-6H,4,7-10H2,(H,18,19,21)/p+1. The lowest BCUT2D eigenvalue weighted by Gasteiger charge is -2.05. The molecule has 0 fully saturated rings. The number of rotatable bonds is 2. The summed E-state index contributed by atoms with van der Waals surface area (Å²) in [5.41, 5.74) is 2.96. The van der Waals surface area contributed by atoms with Crippen LogP contribution >= 0.6 is 0 Å². The van der Waals surface area contributed by atoms with E-state index in [1.807, 2.05) is 18.2 Å². The van der Waals surface area contributed by atoms with Crippen LogP contribution in [-0.4, -0.2) is 33.5 Å². The number of amidine groups is 1. The molecule has 0 radical (unpaired) electrons. The van der Waals surface area contributed by atoms with Crippen LogP contribution in [-0.2, 0) is 12.8 Å². The van der Waals surface area contributed by atoms with Crippen LogP contribution in [0.25, 0.3) is 0 Å². The summed E-state index contributed by atoms with van der Waals surface area (Å²) in [6.45, 7) is 1.66. The average molecular weight is 281 g/mol. The Morgan fingerprint density at radius 3 is 2.86 bits per heavy atom. The molecular weight excluding hydrogens is 264 g/mol. The molecule has 106 valence electrons. The van der Waals surface area contributed by atoms with Crippen LogP contribution in [0.3, 0.4) is 0 Å². The van der Waals surface area contributed by atoms with Crippen molar-refractivity contribution in [3.05, 3.63) is 57.5 Å². The number of benzene rings is 1. The second-order valence-corrected chi connectivity index (χ2v) is 5.46. The van der Waals surface area contributed by atoms with Crippen molar-refractivity contribution in [3.63, 3.8) is 0 Å². The van der Waals surface area contributed by atoms with E-state index in [2.05, 4.69) is 32.0 Å². The Morgan fingerprint density at radius 1 is 1.14 bits per heavy atom. The lowest BCUT2D eigenvalue weighted by Crippen LogP contribution is -2.24. The van der Waals surface area contributed by atoms with Gasteiger partial charge in [-0.05, 0) is 25.0 Å². The Kier molecular flexibility index (Phi) is 2.84. The van der Waals surface area contributed by atoms with Gasteiger partial charge in [0.25, 0.3) is 5.56 Å². The van der Waals surface area contributed by atoms with Crippen molar-refractivity contribution in [1.82, 2.24) is 15.3 Å². The van der Waals surface area contributed by atoms with Gasteiger partial charge in [-0.1, -0.05) is 18.2 Å². The molecule has 2 aliphatic rings. The Bertz CT molecular complexity index is 777. The Hall–Kier alpha value is -2.43. The summed E-state index contributed by atoms with van der Waals surface area (Å²) in [6, 6.07) is 10.1. The molecule has 2 aromatic rings. The predicted octanol–water partition coefficient (Wildman–Crippen LogP) is 0.953. The van der Waals surface area contributed by atoms with Crippen molar-refractivity contribution in [2.24, 2.45) is 0 Å². The first-order valence-corrected chi connectivity index (χ1v) is 7.39. The molecular formula is C16H17N4O+. The van der Waals surface area contributed by atoms with Gasteiger partial charge in [-0.15, -0.1) is 4.98 Å². The predicted molar refractivity (Wildman–Crippen MR) is 80.2 cm³/mol. The van der Waals surface area contributed by atoms with Gasteiger partial charge in [0.15, 0.2) is 0 Å². The van der Waals surface area contributed by atoms with Gasteiger partial charge in [-0.2, -0.15) is 0 Å². The number of nitrogens with zero attached hydrogens (tertiary/aromatic N) is 2. The summed E-state index contributed by atoms with van der Waals surface area (Å²) in [7, 11) is 0. The van der Waals surface area contributed by atoms with Crippen molar-refractivity contribution in [1.29, 1.82) is 0 Å². The normalized spacial score (nSPS) is 17.0. The molecule has 1 aromatic heterocycles. The van der Waals surface area contributed by atoms with E-state index in [9.17, 15) is 4.79 Å². The number of fused-ring (bicyclic) bond motifs is 1. The molecule has 4 rings (SSSR count). The van der Waals surface area contributed by atoms with Gasteiger partial charge in [0, 0.05) is 12.0 Å². The third kappa shape index (κ3) is 2.05. The number of hydrogen-bond acceptors (Lipinski definition) is 3. The molecule has 2 N–H and O–H groups in total. The monoisotopic (exact) mass is 281 g/mol. The van der Waals surface area contributed by atoms with Gasteiger partial charge in [-0.25, -0.2) is 9.56 Å². The summed E-state index contributed by atoms with van der Waals surface area (Å²) < 4.78 is 2.06. The second kappa shape index (κ2) is 4.84. The number of nitrogens with one attached hydrogen (secondary N) is 2. The molecule has 1 aromatic carbocycles. The highest BCUT2D eigenvalue weighted by Gasteiger charge is 2.27. The molecule has 0 unspecified atom stereocenters. The highest BCUT2D eigenvalue weighted by molar-refractivity contribution is 5.96. The largest absolute Gasteiger partial charge is 0.355 e. The number of aromatic nitrogens is 2. The van der Waals surface area contributed by atoms with E-state index in [4.69, 9.17) is 0 Å². The smallest absolute Gasteiger partial charge is 0.318 e. The van der Waals surface area contributed by atoms with Crippen molar-refractivity contribution in [2.75, 3.05) is 13.1 Å². The minimum Gasteiger partial charge on any atom is -0.318 e. The summed E-state index contributed by atoms with van der Waals surface area (Å²) in [5, 5.41) is 3.39. The third-order valence-electron chi connectivity index (χ3n) is 4.13. The fourth-order valence-electron chi connectivity index (χ4n) is 3.12. The molecule has 21 heavy (non-hydrogen) atoms. The first kappa shape index (κ1) is 12.3. The molecule has 0 saturated heterocycles. The van der Waals surface area contributed by atoms with Crippen molar-refractivity contribution < 1.29 is 4.58 Å². The Morgan fingerprint density at radius 2 is 2.00 bits per heavy atom. The van der Waals surface area contributed by atoms with Gasteiger partial charge in [0.1, 0.15) is 5.69 Å². The minimum atomic E-state index is 0.0202. The molecule has 0 spiro atoms. The fraction of sp³-hybridized carbons (Fsp3) is 0.312. The highest BCUT2D eigenvalue weighted by Crippen LogP contribution is 2.18. The maximum Gasteiger partial charge on any atom is 0.355 e. The summed E-state index contributed by atoms with van der Waals surface area (Å²) >= 11 is 0. The highest BCUT2D eigenvalue weighted by atomic mass is 16.1. The van der Waals surface area contributed by atoms with Gasteiger partial charge in [-0.3, -0.25) is 4.79 Å². The first-order chi connectivity index (χ1) is 10.3. The SMILES string of the molecule is O=c1[nH]c([N+]2=C(c3ccccc3)NCC2)nc2c1CCC2. The van der Waals surface area contributed by atoms with Crippen LogP contribution in [0.4, 0.5) is 5.95 Å². The third-order valence-corrected chi connectivity index (χ3v) is 4.13. The lowest BCUT2D eigenvalue weighted by atomic mass is 10.2. The average Bonchev–Trinajstić information content (AvgIpc) is 3.17. The molecule has 1 aliphatic carbocycles. The van der Waals surface area contributed by atoms with E-state index in [0.717, 1.165) is 55.0 Å². The summed E-state index contributed by atoms with van der Waals surface area (Å²) in [4.78, 5) is 19.8. The van der Waals surface area contributed by atoms with E-state index in [1.54, 1.807) is 0 Å². The zero-order valence-electron chi connectivity index (χ0n) is 11.7. The van der Waals surface area contributed by atoms with Crippen molar-refractivity contribution >= 4 is 11.8 Å². The van der Waals surface area contributed by atoms with Crippen LogP contribution in [0.5, 0.6) is 0 Å². The molecule has 0 amide bonds. The van der Waals surface area contributed by atoms with E-state index < -0.39 is 0 Å². The summed E-state index contributed by atoms with van der Waals surface area (Å²) in [5.74, 6) is 1.67. The first-order valence-electron chi connectivity index (χ1n) is 7.39. The molecule has 2 heterocycles. The zero-order valence-corrected chi connectivity index (χ0v) is 11.7. The van der Waals surface area contributed by atoms with Crippen LogP contribution in [0.2, 0.25) is 0 Å². The van der Waals surface area contributed by atoms with E-state index in [1.165, 1.54) is 0 Å². The van der Waals surface area contributed by atoms with Gasteiger partial charge < -0.3 is 5.32 Å². The van der Waals surface area contributed by atoms with Crippen molar-refractivity contribution in [2.45, 2.75) is 19.3 Å². The van der Waals surface area contributed by atoms with Crippen LogP contribution < -0.4 is 10.9 Å². The maximum absolute atomic E-state index is 12.2. The van der Waals surface area contributed by atoms with Crippen LogP contribution in [0.1, 0.15) is 23.2 Å². The molecule has 5 nitrogen and oxygen atoms in total. The van der Waals surface area contributed by atoms with E-state index in [-0.39, 0.29) is 5.56 Å². The van der Waals surface area contributed by atoms with Gasteiger partial charge in [0.2, 0.25) is 5.84 Å². The molecule has 0 atom stereocenters. The second-order valence-electron chi connectivity index (χ2n) is 5.46. The Balaban J connectivity index is 1.86. The lowest BCUT2D eigenvalue weighted by molar-refractivity contribution is -0.437. The van der Waals surface area contributed by atoms with Gasteiger partial charge >= 0.3 is 5.95 Å². The summed E-state index contributed by atoms with van der Waals surface area (Å²) in [6.07, 6.45) is 2.79. The van der Waals surface area contributed by atoms with E-state index in [0.29, 0.717) is 5.95 Å². The molecule has 0 bridgehead atoms. The van der Waals surface area contributed by atoms with Crippen molar-refractivity contribution in [3.8, 4) is 0 Å². The topological polar surface area (TPSA) is 60.8 Å². The van der Waals surface area contributed by atoms with Gasteiger partial charge in [0.05, 0.1) is 18.7 Å². The quantitative estimate of drug-likeness (QED) is 0.806. The molecule has 1 aliphatic heterocycles. The van der Waals surface area contributed by atoms with Crippen LogP contribution in [0.15, 0.2) is 35.1 Å². The molecule has 0 saturated carbocycles. The Labute approximate surface area is 122 Å². The fourth-order valence-corrected chi connectivity index (χ4v) is 3.12.